The number of aromatic nitrogens is 1. The van der Waals surface area contributed by atoms with Crippen molar-refractivity contribution in [1.82, 2.24) is 68.6 Å². The zero-order chi connectivity index (χ0) is 64.8. The topological polar surface area (TPSA) is 481 Å². The van der Waals surface area contributed by atoms with Crippen molar-refractivity contribution in [1.29, 1.82) is 5.41 Å². The molecule has 1 aromatic heterocycles. The summed E-state index contributed by atoms with van der Waals surface area (Å²) >= 11 is 0. The van der Waals surface area contributed by atoms with Crippen LogP contribution in [0.3, 0.4) is 0 Å². The van der Waals surface area contributed by atoms with Crippen LogP contribution < -0.4 is 75.9 Å². The molecule has 0 aliphatic carbocycles. The maximum Gasteiger partial charge on any atom is 0.334 e. The number of fused-ring (bicyclic) bond motifs is 1. The van der Waals surface area contributed by atoms with E-state index in [2.05, 4.69) is 63.7 Å². The Hall–Kier alpha value is -9.84. The monoisotopic (exact) mass is 1220 g/mol. The molecule has 0 spiro atoms. The number of nitrogens with zero attached hydrogens (tertiary/aromatic N) is 1. The zero-order valence-electron chi connectivity index (χ0n) is 49.6. The first-order chi connectivity index (χ1) is 41.7. The second kappa shape index (κ2) is 33.2. The van der Waals surface area contributed by atoms with Crippen molar-refractivity contribution in [3.05, 3.63) is 102 Å². The van der Waals surface area contributed by atoms with Gasteiger partial charge in [-0.2, -0.15) is 0 Å². The van der Waals surface area contributed by atoms with E-state index in [4.69, 9.17) is 22.6 Å². The van der Waals surface area contributed by atoms with Crippen molar-refractivity contribution in [2.24, 2.45) is 23.1 Å². The third-order valence-electron chi connectivity index (χ3n) is 14.2. The predicted octanol–water partition coefficient (Wildman–Crippen LogP) is -3.23. The molecular formula is C58H81N17O13. The van der Waals surface area contributed by atoms with Crippen molar-refractivity contribution < 1.29 is 63.0 Å². The van der Waals surface area contributed by atoms with Crippen LogP contribution in [0.15, 0.2) is 85.1 Å². The summed E-state index contributed by atoms with van der Waals surface area (Å²) in [6, 6.07) is 8.06. The van der Waals surface area contributed by atoms with E-state index in [1.165, 1.54) is 19.1 Å². The second-order valence-corrected chi connectivity index (χ2v) is 21.9. The third-order valence-corrected chi connectivity index (χ3v) is 14.2. The predicted molar refractivity (Wildman–Crippen MR) is 321 cm³/mol. The average Bonchev–Trinajstić information content (AvgIpc) is 2.76. The fraction of sp³-hybridized carbons (Fsp3) is 0.448. The molecule has 1 unspecified atom stereocenters. The van der Waals surface area contributed by atoms with Gasteiger partial charge in [0.2, 0.25) is 53.2 Å². The number of hydrogen-bond acceptors (Lipinski definition) is 15. The number of benzene rings is 3. The molecule has 5 rings (SSSR count). The van der Waals surface area contributed by atoms with E-state index in [-0.39, 0.29) is 75.7 Å². The molecule has 1 aliphatic heterocycles. The molecular weight excluding hydrogens is 1140 g/mol. The summed E-state index contributed by atoms with van der Waals surface area (Å²) in [4.78, 5) is 154. The first kappa shape index (κ1) is 68.9. The number of H-pyrrole nitrogens is 1. The molecule has 0 bridgehead atoms. The molecule has 3 aromatic carbocycles. The molecule has 30 nitrogen and oxygen atoms in total. The highest BCUT2D eigenvalue weighted by Gasteiger charge is 2.43. The Morgan fingerprint density at radius 1 is 0.682 bits per heavy atom. The summed E-state index contributed by atoms with van der Waals surface area (Å²) in [5.74, 6) is -9.31. The Morgan fingerprint density at radius 3 is 1.93 bits per heavy atom. The normalized spacial score (nSPS) is 16.3. The smallest absolute Gasteiger partial charge is 0.334 e. The number of urea groups is 1. The number of carbonyl (C=O) groups is 11. The van der Waals surface area contributed by atoms with Gasteiger partial charge in [-0.15, -0.1) is 0 Å². The average molecular weight is 1220 g/mol. The van der Waals surface area contributed by atoms with Gasteiger partial charge in [-0.25, -0.2) is 10.2 Å². The Balaban J connectivity index is 1.27. The lowest BCUT2D eigenvalue weighted by Crippen LogP contribution is -2.62. The summed E-state index contributed by atoms with van der Waals surface area (Å²) in [5, 5.41) is 52.4. The Kier molecular flexibility index (Phi) is 26.0. The number of nitrogens with two attached hydrogens (primary N) is 3. The van der Waals surface area contributed by atoms with Crippen molar-refractivity contribution >= 4 is 82.0 Å². The Bertz CT molecular complexity index is 3120. The first-order valence-corrected chi connectivity index (χ1v) is 28.6. The summed E-state index contributed by atoms with van der Waals surface area (Å²) in [6.07, 6.45) is -0.928. The van der Waals surface area contributed by atoms with Gasteiger partial charge in [-0.1, -0.05) is 74.5 Å². The van der Waals surface area contributed by atoms with E-state index < -0.39 is 132 Å². The number of guanidine groups is 1. The summed E-state index contributed by atoms with van der Waals surface area (Å²) in [7, 11) is 1.54. The van der Waals surface area contributed by atoms with Gasteiger partial charge in [0.25, 0.3) is 5.91 Å². The van der Waals surface area contributed by atoms with E-state index >= 15 is 0 Å². The number of para-hydroxylation sites is 1. The number of aliphatic hydroxyl groups is 1. The molecule has 4 aromatic rings. The van der Waals surface area contributed by atoms with Gasteiger partial charge >= 0.3 is 6.03 Å². The third kappa shape index (κ3) is 21.3. The molecule has 1 saturated heterocycles. The number of hydrogen-bond donors (Lipinski definition) is 18. The number of phenols is 1. The van der Waals surface area contributed by atoms with Crippen molar-refractivity contribution in [2.75, 3.05) is 20.1 Å². The van der Waals surface area contributed by atoms with Crippen LogP contribution in [0.25, 0.3) is 10.9 Å². The van der Waals surface area contributed by atoms with Crippen LogP contribution >= 0.6 is 0 Å². The van der Waals surface area contributed by atoms with Crippen LogP contribution in [0, 0.1) is 11.3 Å². The van der Waals surface area contributed by atoms with E-state index in [1.54, 1.807) is 69.6 Å². The molecule has 88 heavy (non-hydrogen) atoms. The van der Waals surface area contributed by atoms with Gasteiger partial charge in [0.1, 0.15) is 54.1 Å². The number of aromatic hydroxyl groups is 1. The zero-order valence-corrected chi connectivity index (χ0v) is 49.6. The van der Waals surface area contributed by atoms with Crippen LogP contribution in [0.1, 0.15) is 76.5 Å². The molecule has 1 aliphatic rings. The van der Waals surface area contributed by atoms with Gasteiger partial charge in [0.15, 0.2) is 5.96 Å². The number of primary amides is 2. The Morgan fingerprint density at radius 2 is 1.30 bits per heavy atom. The minimum absolute atomic E-state index is 0.00204. The maximum atomic E-state index is 14.1. The maximum absolute atomic E-state index is 14.1. The molecule has 0 radical (unpaired) electrons. The number of carbonyl (C=O) groups excluding carboxylic acids is 11. The number of hydrazine groups is 1. The fourth-order valence-corrected chi connectivity index (χ4v) is 9.80. The molecule has 2 heterocycles. The molecule has 30 heteroatoms. The quantitative estimate of drug-likeness (QED) is 0.0106. The van der Waals surface area contributed by atoms with E-state index in [0.29, 0.717) is 16.7 Å². The summed E-state index contributed by atoms with van der Waals surface area (Å²) < 4.78 is 0. The first-order valence-electron chi connectivity index (χ1n) is 28.6. The van der Waals surface area contributed by atoms with Crippen LogP contribution in [0.4, 0.5) is 4.79 Å². The van der Waals surface area contributed by atoms with Crippen molar-refractivity contribution in [2.45, 2.75) is 140 Å². The molecule has 1 fully saturated rings. The lowest BCUT2D eigenvalue weighted by molar-refractivity contribution is -0.142. The minimum atomic E-state index is -1.88. The number of rotatable bonds is 30. The molecule has 12 amide bonds. The molecule has 21 N–H and O–H groups in total. The van der Waals surface area contributed by atoms with Crippen LogP contribution in [-0.2, 0) is 67.2 Å². The van der Waals surface area contributed by atoms with E-state index in [9.17, 15) is 63.0 Å². The number of aliphatic hydroxyl groups excluding tert-OH is 1. The number of phenolic OH excluding ortho intramolecular Hbond substituents is 1. The Labute approximate surface area is 507 Å². The van der Waals surface area contributed by atoms with Crippen LogP contribution in [-0.4, -0.2) is 172 Å². The van der Waals surface area contributed by atoms with E-state index in [0.717, 1.165) is 22.7 Å². The van der Waals surface area contributed by atoms with E-state index in [1.807, 2.05) is 24.3 Å². The lowest BCUT2D eigenvalue weighted by Gasteiger charge is -2.30. The lowest BCUT2D eigenvalue weighted by atomic mass is 10.0. The van der Waals surface area contributed by atoms with Gasteiger partial charge in [-0.05, 0) is 73.4 Å². The molecule has 10 atom stereocenters. The molecule has 476 valence electrons. The number of likely N-dealkylation sites (tertiary alicyclic amines) is 1. The van der Waals surface area contributed by atoms with Gasteiger partial charge in [0.05, 0.1) is 12.5 Å². The SMILES string of the molecule is CNC(=N)NCCC[C@H](NC(=O)[C@H](CC(C)C)NC(=O)NNC(=O)[C@H](Cc1ccccc1)NC(=O)[C@@H](NC(=O)[C@H](CC(N)=O)NC(=O)[C@@H]1CC(N)CN1C(=O)[C@@H](Cc1ccc(O)cc1)NC(C)=O)[C@@H](C)O)C(=O)N[C@@H](Cc1c[nH]c2ccccc12)C(N)=O. The summed E-state index contributed by atoms with van der Waals surface area (Å²) in [6.45, 7) is 5.93. The second-order valence-electron chi connectivity index (χ2n) is 21.9. The standard InChI is InChI=1S/C58H81N17O13/c1-30(2)22-42(51(82)67-40(16-11-21-64-57(62)63-5)50(81)68-41(49(61)80)25-35-28-65-39-15-10-9-14-38(35)39)71-58(88)74-73-53(84)43(23-33-12-7-6-8-13-33)70-55(86)48(31(3)76)72-52(83)44(27-47(60)79)69-54(85)46-26-36(59)29-75(46)56(87)45(66-32(4)77)24-34-17-19-37(78)20-18-34/h6-10,12-15,17-20,28,30-31,36,40-46,48,65,76,78H,11,16,21-27,29,59H2,1-5H3,(H2,60,79)(H2,61,80)(H,66,77)(H,67,82)(H,68,81)(H,69,85)(H,70,86)(H,72,83)(H,73,84)(H3,62,63,64)(H2,71,74,88)/t31-,36?,40+,41+,42+,43+,44+,45-,46+,48+/m1/s1. The minimum Gasteiger partial charge on any atom is -0.508 e. The van der Waals surface area contributed by atoms with Crippen LogP contribution in [0.5, 0.6) is 5.75 Å². The highest BCUT2D eigenvalue weighted by atomic mass is 16.3. The van der Waals surface area contributed by atoms with Gasteiger partial charge in [0, 0.05) is 69.5 Å². The number of nitrogens with one attached hydrogen (secondary N) is 13. The largest absolute Gasteiger partial charge is 0.508 e. The van der Waals surface area contributed by atoms with Crippen molar-refractivity contribution in [3.8, 4) is 5.75 Å². The van der Waals surface area contributed by atoms with Gasteiger partial charge in [-0.3, -0.25) is 58.8 Å². The number of aromatic amines is 1. The highest BCUT2D eigenvalue weighted by Crippen LogP contribution is 2.22. The highest BCUT2D eigenvalue weighted by molar-refractivity contribution is 5.99. The fourth-order valence-electron chi connectivity index (χ4n) is 9.80. The number of amides is 12. The van der Waals surface area contributed by atoms with Crippen LogP contribution in [0.2, 0.25) is 0 Å². The molecule has 0 saturated carbocycles. The van der Waals surface area contributed by atoms with Gasteiger partial charge < -0.3 is 85.1 Å². The van der Waals surface area contributed by atoms with Crippen molar-refractivity contribution in [3.63, 3.8) is 0 Å². The summed E-state index contributed by atoms with van der Waals surface area (Å²) in [5.41, 5.74) is 24.5.